The van der Waals surface area contributed by atoms with E-state index in [2.05, 4.69) is 24.5 Å². The number of morpholine rings is 1. The van der Waals surface area contributed by atoms with Crippen LogP contribution in [0.4, 0.5) is 17.2 Å². The number of nitrogens with one attached hydrogen (secondary N) is 3. The summed E-state index contributed by atoms with van der Waals surface area (Å²) in [6, 6.07) is 7.65. The van der Waals surface area contributed by atoms with Crippen molar-refractivity contribution >= 4 is 44.7 Å². The average molecular weight is 413 g/mol. The van der Waals surface area contributed by atoms with Crippen molar-refractivity contribution in [1.82, 2.24) is 9.97 Å². The third-order valence-electron chi connectivity index (χ3n) is 5.15. The second kappa shape index (κ2) is 8.44. The molecule has 0 saturated carbocycles. The quantitative estimate of drug-likeness (QED) is 0.600. The van der Waals surface area contributed by atoms with Gasteiger partial charge in [-0.3, -0.25) is 4.79 Å². The largest absolute Gasteiger partial charge is 0.370 e. The number of anilines is 3. The SMILES string of the molecule is CC(=O)Nc1ccc(Nc2nc(C[NH+]3CCOCC3)nc3sc(C)c(C)c23)cc1. The number of aryl methyl sites for hydroxylation is 2. The molecule has 1 saturated heterocycles. The van der Waals surface area contributed by atoms with Crippen molar-refractivity contribution in [3.8, 4) is 0 Å². The number of benzene rings is 1. The van der Waals surface area contributed by atoms with Gasteiger partial charge in [0.15, 0.2) is 5.82 Å². The second-order valence-electron chi connectivity index (χ2n) is 7.37. The number of nitrogens with zero attached hydrogens (tertiary/aromatic N) is 2. The van der Waals surface area contributed by atoms with Gasteiger partial charge in [-0.1, -0.05) is 0 Å². The molecule has 3 heterocycles. The van der Waals surface area contributed by atoms with Crippen molar-refractivity contribution in [2.75, 3.05) is 36.9 Å². The Labute approximate surface area is 174 Å². The van der Waals surface area contributed by atoms with Crippen molar-refractivity contribution in [3.63, 3.8) is 0 Å². The van der Waals surface area contributed by atoms with E-state index in [1.54, 1.807) is 11.3 Å². The number of ether oxygens (including phenoxy) is 1. The Kier molecular flexibility index (Phi) is 5.75. The van der Waals surface area contributed by atoms with Crippen LogP contribution in [0.1, 0.15) is 23.2 Å². The molecule has 1 aliphatic heterocycles. The zero-order valence-electron chi connectivity index (χ0n) is 17.0. The molecule has 3 N–H and O–H groups in total. The van der Waals surface area contributed by atoms with Gasteiger partial charge in [-0.2, -0.15) is 0 Å². The van der Waals surface area contributed by atoms with E-state index >= 15 is 0 Å². The Morgan fingerprint density at radius 1 is 1.14 bits per heavy atom. The molecule has 7 nitrogen and oxygen atoms in total. The van der Waals surface area contributed by atoms with Gasteiger partial charge in [0.05, 0.1) is 18.6 Å². The maximum atomic E-state index is 11.2. The van der Waals surface area contributed by atoms with Crippen LogP contribution in [0.25, 0.3) is 10.2 Å². The fraction of sp³-hybridized carbons (Fsp3) is 0.381. The van der Waals surface area contributed by atoms with Gasteiger partial charge in [0.25, 0.3) is 0 Å². The number of carbonyl (C=O) groups is 1. The van der Waals surface area contributed by atoms with Crippen molar-refractivity contribution in [2.45, 2.75) is 27.3 Å². The van der Waals surface area contributed by atoms with E-state index in [-0.39, 0.29) is 5.91 Å². The number of quaternary nitrogens is 1. The molecule has 1 aliphatic rings. The Hall–Kier alpha value is -2.55. The summed E-state index contributed by atoms with van der Waals surface area (Å²) in [4.78, 5) is 24.7. The molecule has 1 amide bonds. The van der Waals surface area contributed by atoms with E-state index in [0.29, 0.717) is 0 Å². The minimum atomic E-state index is -0.0807. The van der Waals surface area contributed by atoms with Crippen LogP contribution in [-0.4, -0.2) is 42.2 Å². The van der Waals surface area contributed by atoms with Gasteiger partial charge in [0.1, 0.15) is 30.3 Å². The zero-order chi connectivity index (χ0) is 20.4. The van der Waals surface area contributed by atoms with Crippen LogP contribution >= 0.6 is 11.3 Å². The molecule has 0 atom stereocenters. The minimum Gasteiger partial charge on any atom is -0.370 e. The van der Waals surface area contributed by atoms with Crippen molar-refractivity contribution < 1.29 is 14.4 Å². The topological polar surface area (TPSA) is 80.6 Å². The highest BCUT2D eigenvalue weighted by Gasteiger charge is 2.19. The summed E-state index contributed by atoms with van der Waals surface area (Å²) in [5.74, 6) is 1.61. The second-order valence-corrected chi connectivity index (χ2v) is 8.58. The van der Waals surface area contributed by atoms with E-state index in [0.717, 1.165) is 66.1 Å². The summed E-state index contributed by atoms with van der Waals surface area (Å²) >= 11 is 1.72. The fourth-order valence-corrected chi connectivity index (χ4v) is 4.55. The Balaban J connectivity index is 1.64. The number of fused-ring (bicyclic) bond motifs is 1. The lowest BCUT2D eigenvalue weighted by atomic mass is 10.2. The minimum absolute atomic E-state index is 0.0807. The highest BCUT2D eigenvalue weighted by molar-refractivity contribution is 7.18. The van der Waals surface area contributed by atoms with Crippen LogP contribution in [-0.2, 0) is 16.1 Å². The highest BCUT2D eigenvalue weighted by atomic mass is 32.1. The number of hydrogen-bond donors (Lipinski definition) is 3. The lowest BCUT2D eigenvalue weighted by Crippen LogP contribution is -3.12. The average Bonchev–Trinajstić information content (AvgIpc) is 2.98. The summed E-state index contributed by atoms with van der Waals surface area (Å²) in [6.45, 7) is 10.1. The molecule has 0 radical (unpaired) electrons. The Morgan fingerprint density at radius 2 is 1.83 bits per heavy atom. The van der Waals surface area contributed by atoms with Gasteiger partial charge in [-0.15, -0.1) is 11.3 Å². The van der Waals surface area contributed by atoms with Crippen LogP contribution in [0.3, 0.4) is 0 Å². The molecule has 0 unspecified atom stereocenters. The molecular formula is C21H26N5O2S+. The number of thiophene rings is 1. The first kappa shape index (κ1) is 19.8. The van der Waals surface area contributed by atoms with E-state index in [4.69, 9.17) is 14.7 Å². The molecular weight excluding hydrogens is 386 g/mol. The smallest absolute Gasteiger partial charge is 0.221 e. The molecule has 0 bridgehead atoms. The summed E-state index contributed by atoms with van der Waals surface area (Å²) in [5.41, 5.74) is 2.91. The molecule has 0 aliphatic carbocycles. The number of hydrogen-bond acceptors (Lipinski definition) is 6. The van der Waals surface area contributed by atoms with Gasteiger partial charge >= 0.3 is 0 Å². The summed E-state index contributed by atoms with van der Waals surface area (Å²) in [6.07, 6.45) is 0. The van der Waals surface area contributed by atoms with Crippen molar-refractivity contribution in [3.05, 3.63) is 40.5 Å². The molecule has 3 aromatic rings. The first-order valence-electron chi connectivity index (χ1n) is 9.82. The highest BCUT2D eigenvalue weighted by Crippen LogP contribution is 2.34. The summed E-state index contributed by atoms with van der Waals surface area (Å²) in [7, 11) is 0. The maximum Gasteiger partial charge on any atom is 0.221 e. The van der Waals surface area contributed by atoms with Gasteiger partial charge in [-0.05, 0) is 43.7 Å². The molecule has 4 rings (SSSR count). The van der Waals surface area contributed by atoms with Gasteiger partial charge in [0.2, 0.25) is 5.91 Å². The maximum absolute atomic E-state index is 11.2. The number of aromatic nitrogens is 2. The van der Waals surface area contributed by atoms with Crippen LogP contribution < -0.4 is 15.5 Å². The summed E-state index contributed by atoms with van der Waals surface area (Å²) in [5, 5.41) is 7.34. The predicted octanol–water partition coefficient (Wildman–Crippen LogP) is 2.43. The van der Waals surface area contributed by atoms with Crippen LogP contribution in [0, 0.1) is 13.8 Å². The number of carbonyl (C=O) groups excluding carboxylic acids is 1. The molecule has 1 fully saturated rings. The van der Waals surface area contributed by atoms with Crippen LogP contribution in [0.5, 0.6) is 0 Å². The number of amides is 1. The lowest BCUT2D eigenvalue weighted by Gasteiger charge is -2.23. The standard InChI is InChI=1S/C21H25N5O2S/c1-13-14(2)29-21-19(13)20(23-17-6-4-16(5-7-17)22-15(3)27)24-18(25-21)12-26-8-10-28-11-9-26/h4-7H,8-12H2,1-3H3,(H,22,27)(H,23,24,25)/p+1. The summed E-state index contributed by atoms with van der Waals surface area (Å²) < 4.78 is 5.46. The van der Waals surface area contributed by atoms with E-state index in [1.807, 2.05) is 24.3 Å². The van der Waals surface area contributed by atoms with Crippen molar-refractivity contribution in [2.24, 2.45) is 0 Å². The normalized spacial score (nSPS) is 14.9. The lowest BCUT2D eigenvalue weighted by molar-refractivity contribution is -0.922. The van der Waals surface area contributed by atoms with E-state index < -0.39 is 0 Å². The molecule has 2 aromatic heterocycles. The van der Waals surface area contributed by atoms with Gasteiger partial charge < -0.3 is 20.3 Å². The van der Waals surface area contributed by atoms with E-state index in [1.165, 1.54) is 22.3 Å². The van der Waals surface area contributed by atoms with Gasteiger partial charge in [-0.25, -0.2) is 9.97 Å². The van der Waals surface area contributed by atoms with Crippen LogP contribution in [0.15, 0.2) is 24.3 Å². The Morgan fingerprint density at radius 3 is 2.52 bits per heavy atom. The molecule has 29 heavy (non-hydrogen) atoms. The van der Waals surface area contributed by atoms with Gasteiger partial charge in [0, 0.05) is 23.2 Å². The molecule has 8 heteroatoms. The van der Waals surface area contributed by atoms with Crippen molar-refractivity contribution in [1.29, 1.82) is 0 Å². The first-order chi connectivity index (χ1) is 14.0. The van der Waals surface area contributed by atoms with E-state index in [9.17, 15) is 4.79 Å². The predicted molar refractivity (Wildman–Crippen MR) is 116 cm³/mol. The third kappa shape index (κ3) is 4.55. The molecule has 1 aromatic carbocycles. The molecule has 0 spiro atoms. The molecule has 152 valence electrons. The first-order valence-corrected chi connectivity index (χ1v) is 10.6. The van der Waals surface area contributed by atoms with Crippen LogP contribution in [0.2, 0.25) is 0 Å². The number of rotatable bonds is 5. The third-order valence-corrected chi connectivity index (χ3v) is 6.25. The fourth-order valence-electron chi connectivity index (χ4n) is 3.50. The monoisotopic (exact) mass is 412 g/mol. The zero-order valence-corrected chi connectivity index (χ0v) is 17.8. The Bertz CT molecular complexity index is 1030.